The third-order valence-electron chi connectivity index (χ3n) is 3.67. The highest BCUT2D eigenvalue weighted by Gasteiger charge is 2.27. The molecule has 0 aliphatic carbocycles. The first-order chi connectivity index (χ1) is 8.16. The maximum atomic E-state index is 4.09. The van der Waals surface area contributed by atoms with Gasteiger partial charge in [-0.1, -0.05) is 13.8 Å². The third kappa shape index (κ3) is 3.30. The van der Waals surface area contributed by atoms with Gasteiger partial charge < -0.3 is 10.3 Å². The second kappa shape index (κ2) is 5.65. The SMILES string of the molecule is CC(C)CC1CNC[C@H](Cc2cnc[nH]2)N1C. The first-order valence-corrected chi connectivity index (χ1v) is 6.56. The number of hydrogen-bond donors (Lipinski definition) is 2. The van der Waals surface area contributed by atoms with Crippen molar-refractivity contribution in [1.29, 1.82) is 0 Å². The van der Waals surface area contributed by atoms with E-state index in [0.717, 1.165) is 25.4 Å². The van der Waals surface area contributed by atoms with Crippen molar-refractivity contribution in [3.63, 3.8) is 0 Å². The summed E-state index contributed by atoms with van der Waals surface area (Å²) in [6.07, 6.45) is 6.01. The van der Waals surface area contributed by atoms with E-state index in [2.05, 4.69) is 41.1 Å². The van der Waals surface area contributed by atoms with Gasteiger partial charge in [-0.2, -0.15) is 0 Å². The summed E-state index contributed by atoms with van der Waals surface area (Å²) in [6.45, 7) is 6.79. The molecular weight excluding hydrogens is 212 g/mol. The highest BCUT2D eigenvalue weighted by Crippen LogP contribution is 2.17. The number of aromatic amines is 1. The van der Waals surface area contributed by atoms with E-state index in [-0.39, 0.29) is 0 Å². The monoisotopic (exact) mass is 236 g/mol. The molecule has 1 aliphatic heterocycles. The van der Waals surface area contributed by atoms with Crippen molar-refractivity contribution in [3.8, 4) is 0 Å². The van der Waals surface area contributed by atoms with Crippen LogP contribution in [0.3, 0.4) is 0 Å². The summed E-state index contributed by atoms with van der Waals surface area (Å²) >= 11 is 0. The molecule has 1 aromatic rings. The quantitative estimate of drug-likeness (QED) is 0.827. The van der Waals surface area contributed by atoms with Gasteiger partial charge in [0.2, 0.25) is 0 Å². The maximum absolute atomic E-state index is 4.09. The molecular formula is C13H24N4. The Morgan fingerprint density at radius 1 is 1.41 bits per heavy atom. The van der Waals surface area contributed by atoms with Crippen LogP contribution >= 0.6 is 0 Å². The van der Waals surface area contributed by atoms with Crippen LogP contribution in [-0.4, -0.2) is 47.1 Å². The Balaban J connectivity index is 1.93. The van der Waals surface area contributed by atoms with Gasteiger partial charge in [0, 0.05) is 43.5 Å². The largest absolute Gasteiger partial charge is 0.348 e. The van der Waals surface area contributed by atoms with Gasteiger partial charge in [0.25, 0.3) is 0 Å². The second-order valence-corrected chi connectivity index (χ2v) is 5.54. The average molecular weight is 236 g/mol. The zero-order valence-corrected chi connectivity index (χ0v) is 11.1. The molecule has 1 fully saturated rings. The molecule has 0 radical (unpaired) electrons. The lowest BCUT2D eigenvalue weighted by Crippen LogP contribution is -2.56. The molecule has 0 amide bonds. The molecule has 1 saturated heterocycles. The fourth-order valence-electron chi connectivity index (χ4n) is 2.66. The molecule has 0 saturated carbocycles. The molecule has 2 atom stereocenters. The summed E-state index contributed by atoms with van der Waals surface area (Å²) in [5, 5.41) is 3.56. The lowest BCUT2D eigenvalue weighted by Gasteiger charge is -2.40. The number of nitrogens with zero attached hydrogens (tertiary/aromatic N) is 2. The first kappa shape index (κ1) is 12.6. The van der Waals surface area contributed by atoms with Crippen LogP contribution in [0.15, 0.2) is 12.5 Å². The average Bonchev–Trinajstić information content (AvgIpc) is 2.76. The smallest absolute Gasteiger partial charge is 0.0921 e. The van der Waals surface area contributed by atoms with Gasteiger partial charge in [0.1, 0.15) is 0 Å². The minimum Gasteiger partial charge on any atom is -0.348 e. The summed E-state index contributed by atoms with van der Waals surface area (Å²) in [7, 11) is 2.26. The Kier molecular flexibility index (Phi) is 4.18. The predicted molar refractivity (Wildman–Crippen MR) is 70.0 cm³/mol. The molecule has 2 heterocycles. The molecule has 1 unspecified atom stereocenters. The minimum atomic E-state index is 0.577. The Morgan fingerprint density at radius 2 is 2.18 bits per heavy atom. The van der Waals surface area contributed by atoms with Crippen LogP contribution in [0.2, 0.25) is 0 Å². The highest BCUT2D eigenvalue weighted by molar-refractivity contribution is 5.00. The number of piperazine rings is 1. The zero-order chi connectivity index (χ0) is 12.3. The van der Waals surface area contributed by atoms with Gasteiger partial charge in [0.15, 0.2) is 0 Å². The van der Waals surface area contributed by atoms with Crippen LogP contribution in [0.1, 0.15) is 26.0 Å². The predicted octanol–water partition coefficient (Wildman–Crippen LogP) is 1.27. The standard InChI is InChI=1S/C13H24N4/c1-10(2)4-12-7-14-8-13(17(12)3)5-11-6-15-9-16-11/h6,9-10,12-14H,4-5,7-8H2,1-3H3,(H,15,16)/t12?,13-/m0/s1. The summed E-state index contributed by atoms with van der Waals surface area (Å²) in [5.74, 6) is 0.759. The molecule has 1 aromatic heterocycles. The van der Waals surface area contributed by atoms with E-state index in [1.54, 1.807) is 6.33 Å². The lowest BCUT2D eigenvalue weighted by atomic mass is 9.97. The second-order valence-electron chi connectivity index (χ2n) is 5.54. The third-order valence-corrected chi connectivity index (χ3v) is 3.67. The van der Waals surface area contributed by atoms with Crippen LogP contribution in [0.4, 0.5) is 0 Å². The lowest BCUT2D eigenvalue weighted by molar-refractivity contribution is 0.113. The fraction of sp³-hybridized carbons (Fsp3) is 0.769. The molecule has 0 spiro atoms. The van der Waals surface area contributed by atoms with E-state index in [4.69, 9.17) is 0 Å². The zero-order valence-electron chi connectivity index (χ0n) is 11.1. The van der Waals surface area contributed by atoms with E-state index >= 15 is 0 Å². The van der Waals surface area contributed by atoms with Crippen molar-refractivity contribution < 1.29 is 0 Å². The number of nitrogens with one attached hydrogen (secondary N) is 2. The van der Waals surface area contributed by atoms with E-state index in [0.29, 0.717) is 12.1 Å². The van der Waals surface area contributed by atoms with E-state index < -0.39 is 0 Å². The van der Waals surface area contributed by atoms with Crippen molar-refractivity contribution in [3.05, 3.63) is 18.2 Å². The van der Waals surface area contributed by atoms with Crippen molar-refractivity contribution in [1.82, 2.24) is 20.2 Å². The molecule has 0 bridgehead atoms. The molecule has 17 heavy (non-hydrogen) atoms. The van der Waals surface area contributed by atoms with Gasteiger partial charge >= 0.3 is 0 Å². The summed E-state index contributed by atoms with van der Waals surface area (Å²) in [5.41, 5.74) is 1.23. The molecule has 1 aliphatic rings. The molecule has 2 N–H and O–H groups in total. The van der Waals surface area contributed by atoms with Crippen LogP contribution in [0.5, 0.6) is 0 Å². The Morgan fingerprint density at radius 3 is 2.82 bits per heavy atom. The van der Waals surface area contributed by atoms with Crippen molar-refractivity contribution in [2.45, 2.75) is 38.8 Å². The van der Waals surface area contributed by atoms with Crippen LogP contribution in [0, 0.1) is 5.92 Å². The molecule has 4 heteroatoms. The number of likely N-dealkylation sites (N-methyl/N-ethyl adjacent to an activating group) is 1. The maximum Gasteiger partial charge on any atom is 0.0921 e. The molecule has 0 aromatic carbocycles. The van der Waals surface area contributed by atoms with Crippen LogP contribution < -0.4 is 5.32 Å². The number of imidazole rings is 1. The Labute approximate surface area is 104 Å². The van der Waals surface area contributed by atoms with Crippen LogP contribution in [0.25, 0.3) is 0 Å². The van der Waals surface area contributed by atoms with Crippen molar-refractivity contribution >= 4 is 0 Å². The minimum absolute atomic E-state index is 0.577. The van der Waals surface area contributed by atoms with Crippen molar-refractivity contribution in [2.75, 3.05) is 20.1 Å². The highest BCUT2D eigenvalue weighted by atomic mass is 15.2. The molecule has 96 valence electrons. The number of hydrogen-bond acceptors (Lipinski definition) is 3. The van der Waals surface area contributed by atoms with Gasteiger partial charge in [-0.05, 0) is 19.4 Å². The Bertz CT molecular complexity index is 320. The fourth-order valence-corrected chi connectivity index (χ4v) is 2.66. The van der Waals surface area contributed by atoms with Gasteiger partial charge in [-0.15, -0.1) is 0 Å². The summed E-state index contributed by atoms with van der Waals surface area (Å²) < 4.78 is 0. The van der Waals surface area contributed by atoms with Crippen LogP contribution in [-0.2, 0) is 6.42 Å². The van der Waals surface area contributed by atoms with Gasteiger partial charge in [0.05, 0.1) is 6.33 Å². The van der Waals surface area contributed by atoms with Gasteiger partial charge in [-0.3, -0.25) is 4.90 Å². The number of H-pyrrole nitrogens is 1. The Hall–Kier alpha value is -0.870. The van der Waals surface area contributed by atoms with E-state index in [9.17, 15) is 0 Å². The summed E-state index contributed by atoms with van der Waals surface area (Å²) in [6, 6.07) is 1.24. The molecule has 2 rings (SSSR count). The topological polar surface area (TPSA) is 44.0 Å². The first-order valence-electron chi connectivity index (χ1n) is 6.56. The summed E-state index contributed by atoms with van der Waals surface area (Å²) in [4.78, 5) is 9.82. The van der Waals surface area contributed by atoms with E-state index in [1.807, 2.05) is 6.20 Å². The molecule has 4 nitrogen and oxygen atoms in total. The number of rotatable bonds is 4. The normalized spacial score (nSPS) is 26.6. The number of aromatic nitrogens is 2. The van der Waals surface area contributed by atoms with Gasteiger partial charge in [-0.25, -0.2) is 4.98 Å². The van der Waals surface area contributed by atoms with Crippen molar-refractivity contribution in [2.24, 2.45) is 5.92 Å². The van der Waals surface area contributed by atoms with E-state index in [1.165, 1.54) is 12.1 Å².